The quantitative estimate of drug-likeness (QED) is 0.272. The molecule has 0 aromatic carbocycles. The second-order valence-electron chi connectivity index (χ2n) is 19.9. The Morgan fingerprint density at radius 2 is 0.804 bits per heavy atom. The summed E-state index contributed by atoms with van der Waals surface area (Å²) in [6.07, 6.45) is 45.9. The van der Waals surface area contributed by atoms with Crippen LogP contribution in [0.2, 0.25) is 0 Å². The van der Waals surface area contributed by atoms with E-state index < -0.39 is 5.60 Å². The average Bonchev–Trinajstić information content (AvgIpc) is 3.37. The SMILES string of the molecule is CC1=C(C2CCCCC(C3CCCCC(C4CCCCC(C5CCCCCCCCC5)CCC4)CCC3)CCC2)CCN(C(=O)OC(C)(C)C)C1. The number of carbonyl (C=O) groups is 1. The van der Waals surface area contributed by atoms with Crippen molar-refractivity contribution >= 4 is 6.09 Å². The third-order valence-corrected chi connectivity index (χ3v) is 15.0. The van der Waals surface area contributed by atoms with Gasteiger partial charge in [-0.2, -0.15) is 0 Å². The minimum atomic E-state index is -0.425. The molecule has 1 heterocycles. The summed E-state index contributed by atoms with van der Waals surface area (Å²) in [6.45, 7) is 9.78. The van der Waals surface area contributed by atoms with Gasteiger partial charge in [-0.3, -0.25) is 0 Å². The molecule has 0 N–H and O–H groups in total. The second kappa shape index (κ2) is 21.8. The van der Waals surface area contributed by atoms with Crippen LogP contribution in [0.1, 0.15) is 227 Å². The maximum atomic E-state index is 12.8. The van der Waals surface area contributed by atoms with Gasteiger partial charge in [-0.1, -0.05) is 191 Å². The van der Waals surface area contributed by atoms with Crippen LogP contribution in [0.3, 0.4) is 0 Å². The van der Waals surface area contributed by atoms with Crippen LogP contribution < -0.4 is 0 Å². The van der Waals surface area contributed by atoms with Crippen molar-refractivity contribution in [3.63, 3.8) is 0 Å². The van der Waals surface area contributed by atoms with Gasteiger partial charge in [0.1, 0.15) is 5.60 Å². The van der Waals surface area contributed by atoms with Crippen molar-refractivity contribution in [2.75, 3.05) is 13.1 Å². The Balaban J connectivity index is 1.07. The Hall–Kier alpha value is -0.990. The molecule has 5 rings (SSSR count). The summed E-state index contributed by atoms with van der Waals surface area (Å²) >= 11 is 0. The first kappa shape index (κ1) is 41.2. The number of hydrogen-bond acceptors (Lipinski definition) is 2. The lowest BCUT2D eigenvalue weighted by atomic mass is 9.77. The average molecular weight is 708 g/mol. The first-order chi connectivity index (χ1) is 24.8. The zero-order chi connectivity index (χ0) is 35.9. The molecule has 4 fully saturated rings. The van der Waals surface area contributed by atoms with Crippen LogP contribution in [-0.4, -0.2) is 29.7 Å². The van der Waals surface area contributed by atoms with Gasteiger partial charge in [0.25, 0.3) is 0 Å². The molecule has 0 spiro atoms. The molecule has 5 aliphatic rings. The molecular weight excluding hydrogens is 623 g/mol. The molecule has 4 aliphatic carbocycles. The summed E-state index contributed by atoms with van der Waals surface area (Å²) < 4.78 is 5.70. The number of ether oxygens (including phenoxy) is 1. The molecule has 0 bridgehead atoms. The lowest BCUT2D eigenvalue weighted by molar-refractivity contribution is 0.0256. The normalized spacial score (nSPS) is 33.1. The highest BCUT2D eigenvalue weighted by molar-refractivity contribution is 5.69. The van der Waals surface area contributed by atoms with Crippen LogP contribution in [0.15, 0.2) is 11.1 Å². The van der Waals surface area contributed by atoms with Gasteiger partial charge in [0.2, 0.25) is 0 Å². The minimum Gasteiger partial charge on any atom is -0.444 e. The van der Waals surface area contributed by atoms with Crippen LogP contribution in [-0.2, 0) is 4.74 Å². The summed E-state index contributed by atoms with van der Waals surface area (Å²) in [5.74, 6) is 6.83. The van der Waals surface area contributed by atoms with E-state index in [9.17, 15) is 4.79 Å². The lowest BCUT2D eigenvalue weighted by Crippen LogP contribution is -2.41. The van der Waals surface area contributed by atoms with Gasteiger partial charge in [0.15, 0.2) is 0 Å². The molecule has 3 heteroatoms. The van der Waals surface area contributed by atoms with E-state index in [-0.39, 0.29) is 6.09 Å². The summed E-state index contributed by atoms with van der Waals surface area (Å²) in [4.78, 5) is 14.7. The minimum absolute atomic E-state index is 0.140. The third kappa shape index (κ3) is 14.0. The first-order valence-electron chi connectivity index (χ1n) is 23.4. The van der Waals surface area contributed by atoms with E-state index in [4.69, 9.17) is 4.74 Å². The van der Waals surface area contributed by atoms with Crippen molar-refractivity contribution in [1.29, 1.82) is 0 Å². The molecule has 0 saturated heterocycles. The van der Waals surface area contributed by atoms with Gasteiger partial charge in [-0.25, -0.2) is 4.79 Å². The molecule has 0 aromatic rings. The van der Waals surface area contributed by atoms with Crippen molar-refractivity contribution in [3.8, 4) is 0 Å². The Morgan fingerprint density at radius 3 is 1.20 bits per heavy atom. The largest absolute Gasteiger partial charge is 0.444 e. The van der Waals surface area contributed by atoms with Gasteiger partial charge in [0.05, 0.1) is 0 Å². The predicted molar refractivity (Wildman–Crippen MR) is 218 cm³/mol. The van der Waals surface area contributed by atoms with Gasteiger partial charge >= 0.3 is 6.09 Å². The van der Waals surface area contributed by atoms with E-state index in [1.807, 2.05) is 25.7 Å². The molecule has 6 atom stereocenters. The highest BCUT2D eigenvalue weighted by Gasteiger charge is 2.31. The van der Waals surface area contributed by atoms with Crippen LogP contribution in [0.5, 0.6) is 0 Å². The van der Waals surface area contributed by atoms with Crippen LogP contribution in [0, 0.1) is 41.4 Å². The van der Waals surface area contributed by atoms with Crippen molar-refractivity contribution in [2.24, 2.45) is 41.4 Å². The van der Waals surface area contributed by atoms with Crippen LogP contribution in [0.4, 0.5) is 4.79 Å². The predicted octanol–water partition coefficient (Wildman–Crippen LogP) is 15.0. The summed E-state index contributed by atoms with van der Waals surface area (Å²) in [6, 6.07) is 0. The second-order valence-corrected chi connectivity index (χ2v) is 19.9. The third-order valence-electron chi connectivity index (χ3n) is 15.0. The van der Waals surface area contributed by atoms with Gasteiger partial charge in [0, 0.05) is 13.1 Å². The van der Waals surface area contributed by atoms with Crippen molar-refractivity contribution in [2.45, 2.75) is 232 Å². The first-order valence-corrected chi connectivity index (χ1v) is 23.4. The Labute approximate surface area is 317 Å². The number of carbonyl (C=O) groups excluding carboxylic acids is 1. The van der Waals surface area contributed by atoms with Crippen LogP contribution >= 0.6 is 0 Å². The molecule has 1 aliphatic heterocycles. The molecular formula is C48H85NO2. The maximum Gasteiger partial charge on any atom is 0.410 e. The summed E-state index contributed by atoms with van der Waals surface area (Å²) in [7, 11) is 0. The number of rotatable bonds is 4. The van der Waals surface area contributed by atoms with Gasteiger partial charge in [-0.15, -0.1) is 0 Å². The highest BCUT2D eigenvalue weighted by atomic mass is 16.6. The Kier molecular flexibility index (Phi) is 17.6. The van der Waals surface area contributed by atoms with Crippen molar-refractivity contribution in [1.82, 2.24) is 4.90 Å². The Bertz CT molecular complexity index is 1010. The fourth-order valence-electron chi connectivity index (χ4n) is 12.2. The number of nitrogens with zero attached hydrogens (tertiary/aromatic N) is 1. The van der Waals surface area contributed by atoms with Crippen molar-refractivity contribution < 1.29 is 9.53 Å². The summed E-state index contributed by atoms with van der Waals surface area (Å²) in [5.41, 5.74) is 2.71. The van der Waals surface area contributed by atoms with E-state index in [2.05, 4.69) is 6.92 Å². The van der Waals surface area contributed by atoms with E-state index in [1.54, 1.807) is 44.1 Å². The summed E-state index contributed by atoms with van der Waals surface area (Å²) in [5, 5.41) is 0. The monoisotopic (exact) mass is 708 g/mol. The van der Waals surface area contributed by atoms with E-state index in [0.717, 1.165) is 60.9 Å². The molecule has 294 valence electrons. The fourth-order valence-corrected chi connectivity index (χ4v) is 12.2. The fraction of sp³-hybridized carbons (Fsp3) is 0.938. The molecule has 0 radical (unpaired) electrons. The van der Waals surface area contributed by atoms with Crippen LogP contribution in [0.25, 0.3) is 0 Å². The molecule has 0 aromatic heterocycles. The maximum absolute atomic E-state index is 12.8. The van der Waals surface area contributed by atoms with E-state index in [1.165, 1.54) is 160 Å². The lowest BCUT2D eigenvalue weighted by Gasteiger charge is -2.34. The number of amides is 1. The topological polar surface area (TPSA) is 29.5 Å². The Morgan fingerprint density at radius 1 is 0.490 bits per heavy atom. The zero-order valence-corrected chi connectivity index (χ0v) is 34.6. The molecule has 4 saturated carbocycles. The van der Waals surface area contributed by atoms with Gasteiger partial charge in [-0.05, 0) is 88.4 Å². The van der Waals surface area contributed by atoms with E-state index >= 15 is 0 Å². The zero-order valence-electron chi connectivity index (χ0n) is 34.6. The molecule has 6 unspecified atom stereocenters. The highest BCUT2D eigenvalue weighted by Crippen LogP contribution is 2.43. The van der Waals surface area contributed by atoms with E-state index in [0.29, 0.717) is 0 Å². The molecule has 51 heavy (non-hydrogen) atoms. The molecule has 1 amide bonds. The van der Waals surface area contributed by atoms with Crippen molar-refractivity contribution in [3.05, 3.63) is 11.1 Å². The smallest absolute Gasteiger partial charge is 0.410 e. The standard InChI is InChI=1S/C48H85NO2/c1-38-37-49(47(50)51-48(2,3)4)36-35-46(38)45-28-17-16-27-44(33-20-34-45)43-26-15-14-25-42(31-19-32-43)41-24-13-12-23-40(29-18-30-41)39-21-10-8-6-5-7-9-11-22-39/h39-45H,5-37H2,1-4H3. The molecule has 3 nitrogen and oxygen atoms in total. The number of hydrogen-bond donors (Lipinski definition) is 0. The van der Waals surface area contributed by atoms with Gasteiger partial charge < -0.3 is 9.64 Å².